The van der Waals surface area contributed by atoms with Gasteiger partial charge in [0.05, 0.1) is 5.75 Å². The third-order valence-electron chi connectivity index (χ3n) is 2.84. The number of H-pyrrole nitrogens is 1. The van der Waals surface area contributed by atoms with Gasteiger partial charge in [-0.2, -0.15) is 11.8 Å². The van der Waals surface area contributed by atoms with Gasteiger partial charge in [0.25, 0.3) is 0 Å². The van der Waals surface area contributed by atoms with Gasteiger partial charge >= 0.3 is 0 Å². The van der Waals surface area contributed by atoms with Crippen molar-refractivity contribution in [2.24, 2.45) is 0 Å². The van der Waals surface area contributed by atoms with Gasteiger partial charge in [-0.25, -0.2) is 4.98 Å². The van der Waals surface area contributed by atoms with Gasteiger partial charge < -0.3 is 4.98 Å². The van der Waals surface area contributed by atoms with Crippen LogP contribution in [0, 0.1) is 4.64 Å². The van der Waals surface area contributed by atoms with Crippen LogP contribution in [-0.4, -0.2) is 9.97 Å². The average Bonchev–Trinajstić information content (AvgIpc) is 2.87. The van der Waals surface area contributed by atoms with E-state index in [4.69, 9.17) is 12.2 Å². The van der Waals surface area contributed by atoms with E-state index in [9.17, 15) is 0 Å². The Labute approximate surface area is 133 Å². The minimum Gasteiger partial charge on any atom is -0.345 e. The van der Waals surface area contributed by atoms with Crippen LogP contribution in [0.5, 0.6) is 0 Å². The molecule has 1 aliphatic heterocycles. The molecule has 1 aromatic carbocycles. The number of hydrogen-bond acceptors (Lipinski definition) is 4. The Morgan fingerprint density at radius 2 is 2.11 bits per heavy atom. The molecule has 0 saturated carbocycles. The maximum absolute atomic E-state index is 5.35. The fourth-order valence-electron chi connectivity index (χ4n) is 1.87. The molecule has 0 aliphatic carbocycles. The van der Waals surface area contributed by atoms with Crippen molar-refractivity contribution < 1.29 is 0 Å². The molecule has 19 heavy (non-hydrogen) atoms. The number of hydrogen-bond donors (Lipinski definition) is 1. The summed E-state index contributed by atoms with van der Waals surface area (Å²) in [6.45, 7) is 0. The van der Waals surface area contributed by atoms with Gasteiger partial charge in [0.15, 0.2) is 0 Å². The van der Waals surface area contributed by atoms with Gasteiger partial charge in [0.2, 0.25) is 0 Å². The molecular formula is C13H11BrN2S3. The van der Waals surface area contributed by atoms with Crippen LogP contribution in [0.25, 0.3) is 0 Å². The van der Waals surface area contributed by atoms with Gasteiger partial charge in [-0.15, -0.1) is 11.8 Å². The quantitative estimate of drug-likeness (QED) is 0.611. The van der Waals surface area contributed by atoms with Crippen molar-refractivity contribution in [3.63, 3.8) is 0 Å². The number of nitrogens with one attached hydrogen (secondary N) is 1. The molecule has 0 spiro atoms. The number of halogens is 1. The first-order valence-electron chi connectivity index (χ1n) is 5.79. The molecular weight excluding hydrogens is 360 g/mol. The van der Waals surface area contributed by atoms with Crippen LogP contribution in [0.4, 0.5) is 0 Å². The smallest absolute Gasteiger partial charge is 0.134 e. The summed E-state index contributed by atoms with van der Waals surface area (Å²) in [6, 6.07) is 8.31. The van der Waals surface area contributed by atoms with Crippen LogP contribution in [-0.2, 0) is 17.3 Å². The molecule has 0 bridgehead atoms. The topological polar surface area (TPSA) is 28.7 Å². The lowest BCUT2D eigenvalue weighted by molar-refractivity contribution is 0.963. The van der Waals surface area contributed by atoms with Crippen molar-refractivity contribution in [1.29, 1.82) is 0 Å². The van der Waals surface area contributed by atoms with E-state index in [2.05, 4.69) is 50.2 Å². The highest BCUT2D eigenvalue weighted by molar-refractivity contribution is 9.10. The van der Waals surface area contributed by atoms with Gasteiger partial charge in [-0.1, -0.05) is 28.1 Å². The van der Waals surface area contributed by atoms with Crippen molar-refractivity contribution in [2.75, 3.05) is 0 Å². The van der Waals surface area contributed by atoms with Crippen LogP contribution in [0.15, 0.2) is 33.6 Å². The molecule has 0 radical (unpaired) electrons. The number of fused-ring (bicyclic) bond motifs is 1. The van der Waals surface area contributed by atoms with Crippen molar-refractivity contribution in [3.8, 4) is 0 Å². The number of thioether (sulfide) groups is 2. The minimum absolute atomic E-state index is 0.769. The molecule has 2 heterocycles. The summed E-state index contributed by atoms with van der Waals surface area (Å²) in [6.07, 6.45) is 0. The molecule has 6 heteroatoms. The molecule has 2 nitrogen and oxygen atoms in total. The van der Waals surface area contributed by atoms with E-state index in [1.165, 1.54) is 16.2 Å². The van der Waals surface area contributed by atoms with Crippen LogP contribution >= 0.6 is 51.7 Å². The second-order valence-electron chi connectivity index (χ2n) is 4.18. The lowest BCUT2D eigenvalue weighted by Crippen LogP contribution is -1.99. The Bertz CT molecular complexity index is 652. The monoisotopic (exact) mass is 370 g/mol. The Morgan fingerprint density at radius 1 is 1.32 bits per heavy atom. The molecule has 98 valence electrons. The molecule has 3 rings (SSSR count). The van der Waals surface area contributed by atoms with E-state index in [1.54, 1.807) is 11.8 Å². The summed E-state index contributed by atoms with van der Waals surface area (Å²) in [5.41, 5.74) is 2.48. The minimum atomic E-state index is 0.769. The summed E-state index contributed by atoms with van der Waals surface area (Å²) >= 11 is 12.5. The third-order valence-corrected chi connectivity index (χ3v) is 5.71. The first-order valence-corrected chi connectivity index (χ1v) is 9.13. The molecule has 1 aliphatic rings. The molecule has 0 amide bonds. The van der Waals surface area contributed by atoms with Crippen molar-refractivity contribution in [1.82, 2.24) is 9.97 Å². The molecule has 1 aromatic heterocycles. The second-order valence-corrected chi connectivity index (χ2v) is 7.52. The lowest BCUT2D eigenvalue weighted by atomic mass is 10.3. The highest BCUT2D eigenvalue weighted by Crippen LogP contribution is 2.30. The zero-order valence-electron chi connectivity index (χ0n) is 9.98. The molecule has 2 aromatic rings. The Morgan fingerprint density at radius 3 is 2.89 bits per heavy atom. The molecule has 0 saturated heterocycles. The van der Waals surface area contributed by atoms with E-state index in [0.717, 1.165) is 32.2 Å². The Kier molecular flexibility index (Phi) is 4.31. The third kappa shape index (κ3) is 3.24. The summed E-state index contributed by atoms with van der Waals surface area (Å²) in [7, 11) is 0. The maximum Gasteiger partial charge on any atom is 0.134 e. The zero-order chi connectivity index (χ0) is 13.2. The van der Waals surface area contributed by atoms with E-state index in [-0.39, 0.29) is 0 Å². The fraction of sp³-hybridized carbons (Fsp3) is 0.231. The lowest BCUT2D eigenvalue weighted by Gasteiger charge is -2.05. The van der Waals surface area contributed by atoms with E-state index in [1.807, 2.05) is 11.8 Å². The average molecular weight is 371 g/mol. The number of aromatic amines is 1. The maximum atomic E-state index is 5.35. The second kappa shape index (κ2) is 5.99. The van der Waals surface area contributed by atoms with Crippen molar-refractivity contribution in [2.45, 2.75) is 22.2 Å². The Balaban J connectivity index is 1.75. The SMILES string of the molecule is S=c1nc(CSc2ccc(Br)cc2)[nH]c2c1CSC2. The summed E-state index contributed by atoms with van der Waals surface area (Å²) < 4.78 is 1.87. The molecule has 0 atom stereocenters. The van der Waals surface area contributed by atoms with Crippen LogP contribution in [0.1, 0.15) is 17.1 Å². The fourth-order valence-corrected chi connectivity index (χ4v) is 4.37. The highest BCUT2D eigenvalue weighted by Gasteiger charge is 2.15. The standard InChI is InChI=1S/C13H11BrN2S3/c14-8-1-3-9(4-2-8)19-7-12-15-11-6-18-5-10(11)13(17)16-12/h1-4H,5-7H2,(H,15,16,17). The van der Waals surface area contributed by atoms with E-state index >= 15 is 0 Å². The predicted octanol–water partition coefficient (Wildman–Crippen LogP) is 4.94. The van der Waals surface area contributed by atoms with Gasteiger partial charge in [0, 0.05) is 32.1 Å². The highest BCUT2D eigenvalue weighted by atomic mass is 79.9. The Hall–Kier alpha value is -0.300. The van der Waals surface area contributed by atoms with Crippen LogP contribution in [0.3, 0.4) is 0 Å². The summed E-state index contributed by atoms with van der Waals surface area (Å²) in [5.74, 6) is 3.82. The van der Waals surface area contributed by atoms with Gasteiger partial charge in [0.1, 0.15) is 10.5 Å². The number of nitrogens with zero attached hydrogens (tertiary/aromatic N) is 1. The van der Waals surface area contributed by atoms with Crippen LogP contribution in [0.2, 0.25) is 0 Å². The van der Waals surface area contributed by atoms with Crippen LogP contribution < -0.4 is 0 Å². The predicted molar refractivity (Wildman–Crippen MR) is 88.1 cm³/mol. The first kappa shape index (κ1) is 13.7. The van der Waals surface area contributed by atoms with Crippen molar-refractivity contribution >= 4 is 51.7 Å². The van der Waals surface area contributed by atoms with E-state index in [0.29, 0.717) is 0 Å². The molecule has 1 N–H and O–H groups in total. The van der Waals surface area contributed by atoms with Gasteiger partial charge in [-0.05, 0) is 24.3 Å². The summed E-state index contributed by atoms with van der Waals surface area (Å²) in [5, 5.41) is 0. The summed E-state index contributed by atoms with van der Waals surface area (Å²) in [4.78, 5) is 9.15. The largest absolute Gasteiger partial charge is 0.345 e. The zero-order valence-corrected chi connectivity index (χ0v) is 14.0. The molecule has 0 fully saturated rings. The van der Waals surface area contributed by atoms with Gasteiger partial charge in [-0.3, -0.25) is 0 Å². The number of aromatic nitrogens is 2. The molecule has 0 unspecified atom stereocenters. The normalized spacial score (nSPS) is 13.5. The number of benzene rings is 1. The van der Waals surface area contributed by atoms with E-state index < -0.39 is 0 Å². The first-order chi connectivity index (χ1) is 9.22. The number of rotatable bonds is 3. The van der Waals surface area contributed by atoms with Crippen molar-refractivity contribution in [3.05, 3.63) is 50.5 Å².